The van der Waals surface area contributed by atoms with E-state index in [4.69, 9.17) is 0 Å². The van der Waals surface area contributed by atoms with Gasteiger partial charge in [0, 0.05) is 18.7 Å². The van der Waals surface area contributed by atoms with E-state index >= 15 is 0 Å². The van der Waals surface area contributed by atoms with Crippen molar-refractivity contribution in [2.24, 2.45) is 0 Å². The molecule has 3 heteroatoms. The zero-order valence-corrected chi connectivity index (χ0v) is 10.4. The van der Waals surface area contributed by atoms with Gasteiger partial charge in [-0.15, -0.1) is 0 Å². The molecule has 92 valence electrons. The number of aliphatic hydroxyl groups is 1. The largest absolute Gasteiger partial charge is 0.391 e. The maximum absolute atomic E-state index is 12.3. The van der Waals surface area contributed by atoms with Gasteiger partial charge in [0.25, 0.3) is 5.91 Å². The van der Waals surface area contributed by atoms with Gasteiger partial charge in [0.15, 0.2) is 0 Å². The highest BCUT2D eigenvalue weighted by molar-refractivity contribution is 5.96. The second-order valence-corrected chi connectivity index (χ2v) is 4.79. The first-order chi connectivity index (χ1) is 8.09. The average molecular weight is 233 g/mol. The van der Waals surface area contributed by atoms with Crippen LogP contribution in [0.1, 0.15) is 34.3 Å². The van der Waals surface area contributed by atoms with Crippen LogP contribution in [-0.4, -0.2) is 35.1 Å². The lowest BCUT2D eigenvalue weighted by Gasteiger charge is -2.30. The molecule has 1 aliphatic rings. The predicted molar refractivity (Wildman–Crippen MR) is 67.1 cm³/mol. The molecule has 0 radical (unpaired) electrons. The van der Waals surface area contributed by atoms with Crippen molar-refractivity contribution >= 4 is 5.91 Å². The third-order valence-electron chi connectivity index (χ3n) is 3.52. The van der Waals surface area contributed by atoms with Crippen LogP contribution < -0.4 is 0 Å². The van der Waals surface area contributed by atoms with E-state index in [0.29, 0.717) is 6.54 Å². The maximum atomic E-state index is 12.3. The molecule has 0 aromatic heterocycles. The lowest BCUT2D eigenvalue weighted by molar-refractivity contribution is 0.0473. The second-order valence-electron chi connectivity index (χ2n) is 4.79. The van der Waals surface area contributed by atoms with Crippen molar-refractivity contribution in [2.45, 2.75) is 32.8 Å². The lowest BCUT2D eigenvalue weighted by Crippen LogP contribution is -2.42. The Morgan fingerprint density at radius 2 is 2.18 bits per heavy atom. The van der Waals surface area contributed by atoms with Crippen LogP contribution in [0, 0.1) is 13.8 Å². The van der Waals surface area contributed by atoms with Crippen molar-refractivity contribution in [3.05, 3.63) is 34.9 Å². The third kappa shape index (κ3) is 2.50. The van der Waals surface area contributed by atoms with Gasteiger partial charge < -0.3 is 10.0 Å². The number of hydrogen-bond acceptors (Lipinski definition) is 2. The molecule has 1 aromatic carbocycles. The molecule has 1 atom stereocenters. The van der Waals surface area contributed by atoms with Gasteiger partial charge in [0.1, 0.15) is 0 Å². The van der Waals surface area contributed by atoms with Crippen LogP contribution >= 0.6 is 0 Å². The molecule has 0 bridgehead atoms. The summed E-state index contributed by atoms with van der Waals surface area (Å²) in [5.41, 5.74) is 2.94. The summed E-state index contributed by atoms with van der Waals surface area (Å²) in [5, 5.41) is 9.61. The van der Waals surface area contributed by atoms with Crippen molar-refractivity contribution in [2.75, 3.05) is 13.1 Å². The van der Waals surface area contributed by atoms with Crippen LogP contribution in [0.25, 0.3) is 0 Å². The van der Waals surface area contributed by atoms with Crippen LogP contribution in [0.15, 0.2) is 18.2 Å². The Bertz CT molecular complexity index is 428. The number of rotatable bonds is 1. The molecule has 1 saturated heterocycles. The van der Waals surface area contributed by atoms with Crippen LogP contribution in [0.2, 0.25) is 0 Å². The molecule has 0 unspecified atom stereocenters. The van der Waals surface area contributed by atoms with Crippen molar-refractivity contribution in [1.29, 1.82) is 0 Å². The Labute approximate surface area is 102 Å². The zero-order valence-electron chi connectivity index (χ0n) is 10.4. The monoisotopic (exact) mass is 233 g/mol. The first kappa shape index (κ1) is 12.1. The summed E-state index contributed by atoms with van der Waals surface area (Å²) in [4.78, 5) is 14.1. The fraction of sp³-hybridized carbons (Fsp3) is 0.500. The number of piperidine rings is 1. The highest BCUT2D eigenvalue weighted by Crippen LogP contribution is 2.18. The number of hydrogen-bond donors (Lipinski definition) is 1. The fourth-order valence-electron chi connectivity index (χ4n) is 2.29. The number of likely N-dealkylation sites (tertiary alicyclic amines) is 1. The van der Waals surface area contributed by atoms with Gasteiger partial charge in [-0.2, -0.15) is 0 Å². The fourth-order valence-corrected chi connectivity index (χ4v) is 2.29. The summed E-state index contributed by atoms with van der Waals surface area (Å²) in [5.74, 6) is 0.0463. The van der Waals surface area contributed by atoms with E-state index < -0.39 is 0 Å². The first-order valence-electron chi connectivity index (χ1n) is 6.13. The van der Waals surface area contributed by atoms with E-state index in [2.05, 4.69) is 0 Å². The predicted octanol–water partition coefficient (Wildman–Crippen LogP) is 1.90. The van der Waals surface area contributed by atoms with Crippen LogP contribution in [0.4, 0.5) is 0 Å². The molecule has 2 rings (SSSR count). The van der Waals surface area contributed by atoms with E-state index in [9.17, 15) is 9.90 Å². The van der Waals surface area contributed by atoms with E-state index in [0.717, 1.165) is 36.1 Å². The first-order valence-corrected chi connectivity index (χ1v) is 6.13. The molecule has 0 spiro atoms. The third-order valence-corrected chi connectivity index (χ3v) is 3.52. The summed E-state index contributed by atoms with van der Waals surface area (Å²) < 4.78 is 0. The van der Waals surface area contributed by atoms with E-state index in [1.165, 1.54) is 0 Å². The Morgan fingerprint density at radius 1 is 1.41 bits per heavy atom. The summed E-state index contributed by atoms with van der Waals surface area (Å²) in [6.07, 6.45) is 1.33. The molecule has 1 N–H and O–H groups in total. The summed E-state index contributed by atoms with van der Waals surface area (Å²) in [6.45, 7) is 5.20. The van der Waals surface area contributed by atoms with Crippen molar-refractivity contribution in [1.82, 2.24) is 4.90 Å². The highest BCUT2D eigenvalue weighted by atomic mass is 16.3. The molecule has 1 fully saturated rings. The van der Waals surface area contributed by atoms with E-state index in [-0.39, 0.29) is 12.0 Å². The van der Waals surface area contributed by atoms with E-state index in [1.54, 1.807) is 4.90 Å². The van der Waals surface area contributed by atoms with Crippen molar-refractivity contribution in [3.8, 4) is 0 Å². The minimum atomic E-state index is -0.363. The number of benzene rings is 1. The number of amides is 1. The molecule has 0 aliphatic carbocycles. The minimum absolute atomic E-state index is 0.0463. The molecule has 1 aliphatic heterocycles. The number of carbonyl (C=O) groups excluding carboxylic acids is 1. The SMILES string of the molecule is Cc1cccc(C(=O)N2CCC[C@H](O)C2)c1C. The smallest absolute Gasteiger partial charge is 0.254 e. The van der Waals surface area contributed by atoms with Gasteiger partial charge in [-0.3, -0.25) is 4.79 Å². The summed E-state index contributed by atoms with van der Waals surface area (Å²) in [7, 11) is 0. The number of β-amino-alcohol motifs (C(OH)–C–C–N with tert-alkyl or cyclic N) is 1. The van der Waals surface area contributed by atoms with Gasteiger partial charge >= 0.3 is 0 Å². The second kappa shape index (κ2) is 4.88. The average Bonchev–Trinajstić information content (AvgIpc) is 2.32. The Kier molecular flexibility index (Phi) is 3.48. The Morgan fingerprint density at radius 3 is 2.88 bits per heavy atom. The number of nitrogens with zero attached hydrogens (tertiary/aromatic N) is 1. The quantitative estimate of drug-likeness (QED) is 0.804. The molecule has 1 amide bonds. The Balaban J connectivity index is 2.22. The van der Waals surface area contributed by atoms with Gasteiger partial charge in [-0.25, -0.2) is 0 Å². The lowest BCUT2D eigenvalue weighted by atomic mass is 10.0. The van der Waals surface area contributed by atoms with Crippen LogP contribution in [-0.2, 0) is 0 Å². The maximum Gasteiger partial charge on any atom is 0.254 e. The van der Waals surface area contributed by atoms with Gasteiger partial charge in [0.05, 0.1) is 6.10 Å². The standard InChI is InChI=1S/C14H19NO2/c1-10-5-3-7-13(11(10)2)14(17)15-8-4-6-12(16)9-15/h3,5,7,12,16H,4,6,8-9H2,1-2H3/t12-/m0/s1. The minimum Gasteiger partial charge on any atom is -0.391 e. The van der Waals surface area contributed by atoms with Crippen LogP contribution in [0.3, 0.4) is 0 Å². The summed E-state index contributed by atoms with van der Waals surface area (Å²) >= 11 is 0. The number of aliphatic hydroxyl groups excluding tert-OH is 1. The van der Waals surface area contributed by atoms with E-state index in [1.807, 2.05) is 32.0 Å². The molecule has 1 heterocycles. The highest BCUT2D eigenvalue weighted by Gasteiger charge is 2.24. The zero-order chi connectivity index (χ0) is 12.4. The molecule has 1 aromatic rings. The molecule has 3 nitrogen and oxygen atoms in total. The molecule has 17 heavy (non-hydrogen) atoms. The number of carbonyl (C=O) groups is 1. The topological polar surface area (TPSA) is 40.5 Å². The van der Waals surface area contributed by atoms with Gasteiger partial charge in [0.2, 0.25) is 0 Å². The molecular formula is C14H19NO2. The molecular weight excluding hydrogens is 214 g/mol. The van der Waals surface area contributed by atoms with Gasteiger partial charge in [-0.1, -0.05) is 12.1 Å². The van der Waals surface area contributed by atoms with Gasteiger partial charge in [-0.05, 0) is 43.9 Å². The van der Waals surface area contributed by atoms with Crippen molar-refractivity contribution in [3.63, 3.8) is 0 Å². The van der Waals surface area contributed by atoms with Crippen molar-refractivity contribution < 1.29 is 9.90 Å². The Hall–Kier alpha value is -1.35. The summed E-state index contributed by atoms with van der Waals surface area (Å²) in [6, 6.07) is 5.79. The van der Waals surface area contributed by atoms with Crippen LogP contribution in [0.5, 0.6) is 0 Å². The normalized spacial score (nSPS) is 20.4. The molecule has 0 saturated carbocycles. The number of aryl methyl sites for hydroxylation is 1.